The summed E-state index contributed by atoms with van der Waals surface area (Å²) in [6.45, 7) is 1.13. The summed E-state index contributed by atoms with van der Waals surface area (Å²) in [6, 6.07) is 7.54. The van der Waals surface area contributed by atoms with Gasteiger partial charge < -0.3 is 18.7 Å². The Morgan fingerprint density at radius 2 is 1.82 bits per heavy atom. The van der Waals surface area contributed by atoms with Crippen LogP contribution in [0.25, 0.3) is 11.2 Å². The molecule has 0 spiro atoms. The van der Waals surface area contributed by atoms with Gasteiger partial charge in [0.05, 0.1) is 31.9 Å². The standard InChI is InChI=1S/C15H13N5O2/c1-3-11(21-5-1)7-16-14-13-15(18-9-17-14)20(10-19-13)8-12-4-2-6-22-12/h1-6,9-10H,7-8H2,(H,16,17,18). The van der Waals surface area contributed by atoms with Crippen molar-refractivity contribution in [1.29, 1.82) is 0 Å². The Kier molecular flexibility index (Phi) is 3.08. The van der Waals surface area contributed by atoms with Crippen LogP contribution in [0.4, 0.5) is 5.82 Å². The van der Waals surface area contributed by atoms with Crippen molar-refractivity contribution in [1.82, 2.24) is 19.5 Å². The van der Waals surface area contributed by atoms with E-state index >= 15 is 0 Å². The predicted octanol–water partition coefficient (Wildman–Crippen LogP) is 2.67. The summed E-state index contributed by atoms with van der Waals surface area (Å²) in [5.74, 6) is 2.37. The summed E-state index contributed by atoms with van der Waals surface area (Å²) in [7, 11) is 0. The Hall–Kier alpha value is -3.09. The van der Waals surface area contributed by atoms with Crippen molar-refractivity contribution in [2.75, 3.05) is 5.32 Å². The molecule has 0 radical (unpaired) electrons. The van der Waals surface area contributed by atoms with E-state index in [1.807, 2.05) is 28.8 Å². The summed E-state index contributed by atoms with van der Waals surface area (Å²) in [4.78, 5) is 13.0. The number of furan rings is 2. The highest BCUT2D eigenvalue weighted by atomic mass is 16.3. The molecule has 0 aliphatic carbocycles. The zero-order valence-corrected chi connectivity index (χ0v) is 11.6. The SMILES string of the molecule is c1coc(CNc2ncnc3c2ncn3Cc2ccco2)c1. The molecular weight excluding hydrogens is 282 g/mol. The molecule has 4 rings (SSSR count). The van der Waals surface area contributed by atoms with Gasteiger partial charge in [0, 0.05) is 0 Å². The zero-order valence-electron chi connectivity index (χ0n) is 11.6. The zero-order chi connectivity index (χ0) is 14.8. The average Bonchev–Trinajstić information content (AvgIpc) is 3.28. The van der Waals surface area contributed by atoms with E-state index in [0.717, 1.165) is 22.7 Å². The predicted molar refractivity (Wildman–Crippen MR) is 79.2 cm³/mol. The van der Waals surface area contributed by atoms with E-state index in [1.165, 1.54) is 6.33 Å². The monoisotopic (exact) mass is 295 g/mol. The molecule has 4 heterocycles. The summed E-state index contributed by atoms with van der Waals surface area (Å²) < 4.78 is 12.6. The molecule has 4 aromatic heterocycles. The molecule has 1 N–H and O–H groups in total. The molecule has 0 aromatic carbocycles. The van der Waals surface area contributed by atoms with Crippen LogP contribution in [0.15, 0.2) is 58.3 Å². The van der Waals surface area contributed by atoms with Crippen molar-refractivity contribution in [3.8, 4) is 0 Å². The third-order valence-corrected chi connectivity index (χ3v) is 3.32. The molecule has 0 saturated carbocycles. The van der Waals surface area contributed by atoms with E-state index in [9.17, 15) is 0 Å². The van der Waals surface area contributed by atoms with Gasteiger partial charge in [0.25, 0.3) is 0 Å². The number of aromatic nitrogens is 4. The van der Waals surface area contributed by atoms with Crippen LogP contribution in [-0.2, 0) is 13.1 Å². The van der Waals surface area contributed by atoms with Crippen molar-refractivity contribution in [3.05, 3.63) is 61.0 Å². The van der Waals surface area contributed by atoms with Gasteiger partial charge in [-0.2, -0.15) is 0 Å². The molecule has 0 bridgehead atoms. The Labute approximate surface area is 125 Å². The highest BCUT2D eigenvalue weighted by Gasteiger charge is 2.11. The molecular formula is C15H13N5O2. The van der Waals surface area contributed by atoms with Crippen molar-refractivity contribution in [3.63, 3.8) is 0 Å². The van der Waals surface area contributed by atoms with E-state index < -0.39 is 0 Å². The van der Waals surface area contributed by atoms with Crippen LogP contribution < -0.4 is 5.32 Å². The molecule has 7 nitrogen and oxygen atoms in total. The molecule has 22 heavy (non-hydrogen) atoms. The fourth-order valence-electron chi connectivity index (χ4n) is 2.28. The van der Waals surface area contributed by atoms with E-state index in [2.05, 4.69) is 20.3 Å². The maximum Gasteiger partial charge on any atom is 0.165 e. The lowest BCUT2D eigenvalue weighted by molar-refractivity contribution is 0.495. The van der Waals surface area contributed by atoms with Crippen LogP contribution in [-0.4, -0.2) is 19.5 Å². The van der Waals surface area contributed by atoms with Gasteiger partial charge in [-0.15, -0.1) is 0 Å². The topological polar surface area (TPSA) is 81.9 Å². The molecule has 7 heteroatoms. The molecule has 0 amide bonds. The number of hydrogen-bond donors (Lipinski definition) is 1. The van der Waals surface area contributed by atoms with Gasteiger partial charge in [0.15, 0.2) is 11.5 Å². The molecule has 0 aliphatic rings. The lowest BCUT2D eigenvalue weighted by Gasteiger charge is -2.04. The smallest absolute Gasteiger partial charge is 0.165 e. The second kappa shape index (κ2) is 5.36. The van der Waals surface area contributed by atoms with Crippen LogP contribution in [0.5, 0.6) is 0 Å². The third kappa shape index (κ3) is 2.32. The van der Waals surface area contributed by atoms with Crippen LogP contribution >= 0.6 is 0 Å². The van der Waals surface area contributed by atoms with Crippen LogP contribution in [0, 0.1) is 0 Å². The van der Waals surface area contributed by atoms with E-state index in [4.69, 9.17) is 8.83 Å². The molecule has 0 atom stereocenters. The van der Waals surface area contributed by atoms with E-state index in [0.29, 0.717) is 18.9 Å². The van der Waals surface area contributed by atoms with Crippen LogP contribution in [0.2, 0.25) is 0 Å². The molecule has 0 aliphatic heterocycles. The molecule has 110 valence electrons. The van der Waals surface area contributed by atoms with Crippen molar-refractivity contribution >= 4 is 17.0 Å². The van der Waals surface area contributed by atoms with Crippen molar-refractivity contribution < 1.29 is 8.83 Å². The van der Waals surface area contributed by atoms with Gasteiger partial charge >= 0.3 is 0 Å². The number of nitrogens with zero attached hydrogens (tertiary/aromatic N) is 4. The van der Waals surface area contributed by atoms with Gasteiger partial charge in [0.2, 0.25) is 0 Å². The van der Waals surface area contributed by atoms with Gasteiger partial charge in [-0.05, 0) is 24.3 Å². The Morgan fingerprint density at radius 3 is 2.59 bits per heavy atom. The average molecular weight is 295 g/mol. The Morgan fingerprint density at radius 1 is 1.00 bits per heavy atom. The number of anilines is 1. The highest BCUT2D eigenvalue weighted by Crippen LogP contribution is 2.19. The lowest BCUT2D eigenvalue weighted by Crippen LogP contribution is -2.03. The van der Waals surface area contributed by atoms with Crippen LogP contribution in [0.1, 0.15) is 11.5 Å². The van der Waals surface area contributed by atoms with Crippen LogP contribution in [0.3, 0.4) is 0 Å². The van der Waals surface area contributed by atoms with Gasteiger partial charge in [-0.1, -0.05) is 0 Å². The number of imidazole rings is 1. The summed E-state index contributed by atoms with van der Waals surface area (Å²) >= 11 is 0. The minimum Gasteiger partial charge on any atom is -0.467 e. The molecule has 0 saturated heterocycles. The van der Waals surface area contributed by atoms with Crippen molar-refractivity contribution in [2.24, 2.45) is 0 Å². The largest absolute Gasteiger partial charge is 0.467 e. The lowest BCUT2D eigenvalue weighted by atomic mass is 10.4. The van der Waals surface area contributed by atoms with E-state index in [-0.39, 0.29) is 0 Å². The Bertz CT molecular complexity index is 865. The van der Waals surface area contributed by atoms with Gasteiger partial charge in [0.1, 0.15) is 23.4 Å². The maximum absolute atomic E-state index is 5.36. The minimum absolute atomic E-state index is 0.546. The first-order valence-corrected chi connectivity index (χ1v) is 6.84. The first-order valence-electron chi connectivity index (χ1n) is 6.84. The maximum atomic E-state index is 5.36. The quantitative estimate of drug-likeness (QED) is 0.609. The number of rotatable bonds is 5. The Balaban J connectivity index is 1.61. The summed E-state index contributed by atoms with van der Waals surface area (Å²) in [5, 5.41) is 3.22. The second-order valence-electron chi connectivity index (χ2n) is 4.78. The fraction of sp³-hybridized carbons (Fsp3) is 0.133. The second-order valence-corrected chi connectivity index (χ2v) is 4.78. The third-order valence-electron chi connectivity index (χ3n) is 3.32. The van der Waals surface area contributed by atoms with Gasteiger partial charge in [-0.3, -0.25) is 0 Å². The number of fused-ring (bicyclic) bond motifs is 1. The number of hydrogen-bond acceptors (Lipinski definition) is 6. The molecule has 0 fully saturated rings. The normalized spacial score (nSPS) is 11.1. The molecule has 0 unspecified atom stereocenters. The number of nitrogens with one attached hydrogen (secondary N) is 1. The fourth-order valence-corrected chi connectivity index (χ4v) is 2.28. The highest BCUT2D eigenvalue weighted by molar-refractivity contribution is 5.82. The minimum atomic E-state index is 0.546. The van der Waals surface area contributed by atoms with Crippen molar-refractivity contribution in [2.45, 2.75) is 13.1 Å². The molecule has 4 aromatic rings. The van der Waals surface area contributed by atoms with E-state index in [1.54, 1.807) is 18.9 Å². The first-order chi connectivity index (χ1) is 10.9. The first kappa shape index (κ1) is 12.6. The summed E-state index contributed by atoms with van der Waals surface area (Å²) in [6.07, 6.45) is 6.55. The summed E-state index contributed by atoms with van der Waals surface area (Å²) in [5.41, 5.74) is 1.48. The van der Waals surface area contributed by atoms with Gasteiger partial charge in [-0.25, -0.2) is 15.0 Å².